The third kappa shape index (κ3) is 19.1. The standard InChI is InChI=1S/C51H14F84O4S4/c1-7(11(137)139-4-9(143-51(134,135)43(114,115)35(98,99)27(82,83)19(66,67)15(58,59)23(74,75)31(90,91)39(106,107)47(125,126)127)6-141-49(130,131)41(110,111)33(94,95)25(78,79)17(62,63)13(54,55)21(70,71)29(86,87)37(102,103)45(119,120)121)2-10(136)138-3-8(142-50(132,133)42(112,113)34(96,97)26(80,81)18(64,65)14(56,57)22(72,73)30(88,89)38(104,105)46(122,123)124)5-140-48(128,129)40(108,109)32(92,93)24(76,77)16(60,61)12(52,53)20(68,69)28(84,85)36(100,101)44(116,117)118/h8-9H,1-6H2. The summed E-state index contributed by atoms with van der Waals surface area (Å²) in [6.07, 6.45) is -38.4. The number of hydrogen-bond acceptors (Lipinski definition) is 8. The molecule has 0 saturated heterocycles. The molecule has 0 heterocycles. The van der Waals surface area contributed by atoms with Gasteiger partial charge in [-0.25, -0.2) is 4.79 Å². The lowest BCUT2D eigenvalue weighted by atomic mass is 9.87. The number of hydrogen-bond donors (Lipinski definition) is 0. The highest BCUT2D eigenvalue weighted by Crippen LogP contribution is 2.75. The molecule has 0 saturated carbocycles. The van der Waals surface area contributed by atoms with Crippen LogP contribution in [0, 0.1) is 0 Å². The van der Waals surface area contributed by atoms with Gasteiger partial charge in [-0.3, -0.25) is 4.79 Å². The van der Waals surface area contributed by atoms with E-state index in [0.717, 1.165) is 0 Å². The molecule has 4 nitrogen and oxygen atoms in total. The van der Waals surface area contributed by atoms with Gasteiger partial charge in [-0.15, -0.1) is 0 Å². The molecule has 143 heavy (non-hydrogen) atoms. The zero-order valence-electron chi connectivity index (χ0n) is 61.9. The SMILES string of the molecule is C=C(CC(=O)OCC(CSC(F)(F)C(F)(F)C(F)(F)C(F)(F)C(F)(F)C(F)(F)C(F)(F)C(F)(F)C(F)(F)C(F)(F)F)SC(F)(F)C(F)(F)C(F)(F)C(F)(F)C(F)(F)C(F)(F)C(F)(F)C(F)(F)C(F)(F)C(F)(F)F)C(=O)OCC(CSC(F)(F)C(F)(F)C(F)(F)C(F)(F)C(F)(F)C(F)(F)C(F)(F)C(F)(F)C(F)(F)C(F)(F)F)SC(F)(F)C(F)(F)C(F)(F)C(F)(F)C(F)(F)C(F)(F)C(F)(F)C(F)(F)C(F)(F)C(F)(F)F. The van der Waals surface area contributed by atoms with E-state index in [1.807, 2.05) is 0 Å². The predicted octanol–water partition coefficient (Wildman–Crippen LogP) is 29.6. The summed E-state index contributed by atoms with van der Waals surface area (Å²) in [4.78, 5) is 25.2. The van der Waals surface area contributed by atoms with Crippen LogP contribution in [-0.2, 0) is 19.1 Å². The van der Waals surface area contributed by atoms with Gasteiger partial charge in [0, 0.05) is 17.1 Å². The second-order valence-electron chi connectivity index (χ2n) is 26.6. The van der Waals surface area contributed by atoms with E-state index in [2.05, 4.69) is 9.47 Å². The van der Waals surface area contributed by atoms with Crippen LogP contribution in [0.1, 0.15) is 6.42 Å². The van der Waals surface area contributed by atoms with E-state index in [9.17, 15) is 326 Å². The summed E-state index contributed by atoms with van der Waals surface area (Å²) < 4.78 is 1190. The first-order chi connectivity index (χ1) is 60.6. The van der Waals surface area contributed by atoms with Crippen LogP contribution >= 0.6 is 47.0 Å². The van der Waals surface area contributed by atoms with E-state index in [0.29, 0.717) is 0 Å². The summed E-state index contributed by atoms with van der Waals surface area (Å²) >= 11 is -15.7. The molecule has 0 bridgehead atoms. The number of rotatable bonds is 49. The molecule has 0 aliphatic heterocycles. The van der Waals surface area contributed by atoms with Crippen LogP contribution in [0.15, 0.2) is 12.2 Å². The average Bonchev–Trinajstić information content (AvgIpc) is 0.693. The Balaban J connectivity index is 9.27. The van der Waals surface area contributed by atoms with Crippen LogP contribution in [0.4, 0.5) is 369 Å². The van der Waals surface area contributed by atoms with Crippen molar-refractivity contribution in [3.8, 4) is 0 Å². The van der Waals surface area contributed by atoms with Crippen molar-refractivity contribution in [2.45, 2.75) is 252 Å². The molecule has 0 amide bonds. The maximum absolute atomic E-state index is 15.3. The first kappa shape index (κ1) is 137. The van der Waals surface area contributed by atoms with E-state index in [1.165, 1.54) is 0 Å². The fourth-order valence-corrected chi connectivity index (χ4v) is 12.5. The molecule has 0 aliphatic rings. The van der Waals surface area contributed by atoms with Crippen LogP contribution < -0.4 is 0 Å². The summed E-state index contributed by atoms with van der Waals surface area (Å²) in [5.41, 5.74) is -3.04. The van der Waals surface area contributed by atoms with Crippen LogP contribution in [0.2, 0.25) is 0 Å². The van der Waals surface area contributed by atoms with Gasteiger partial charge in [0.2, 0.25) is 0 Å². The topological polar surface area (TPSA) is 52.6 Å². The Hall–Kier alpha value is -5.80. The van der Waals surface area contributed by atoms with Gasteiger partial charge in [-0.05, 0) is 0 Å². The number of carbonyl (C=O) groups excluding carboxylic acids is 2. The monoisotopic (exact) mass is 2410 g/mol. The van der Waals surface area contributed by atoms with E-state index >= 15 is 52.7 Å². The molecule has 0 fully saturated rings. The molecular weight excluding hydrogens is 2400 g/mol. The molecule has 0 aliphatic carbocycles. The Labute approximate surface area is 735 Å². The summed E-state index contributed by atoms with van der Waals surface area (Å²) in [5, 5.41) is -46.2. The number of alkyl halides is 84. The van der Waals surface area contributed by atoms with Gasteiger partial charge in [0.05, 0.1) is 16.9 Å². The Morgan fingerprint density at radius 1 is 0.175 bits per heavy atom. The lowest BCUT2D eigenvalue weighted by Crippen LogP contribution is -2.76. The van der Waals surface area contributed by atoms with Crippen molar-refractivity contribution in [2.75, 3.05) is 24.7 Å². The van der Waals surface area contributed by atoms with E-state index in [-0.39, 0.29) is 0 Å². The van der Waals surface area contributed by atoms with Crippen molar-refractivity contribution >= 4 is 59.0 Å². The molecule has 92 heteroatoms. The van der Waals surface area contributed by atoms with Gasteiger partial charge in [-0.2, -0.15) is 369 Å². The molecule has 0 aromatic carbocycles. The largest absolute Gasteiger partial charge is 0.464 e. The van der Waals surface area contributed by atoms with Crippen LogP contribution in [0.3, 0.4) is 0 Å². The summed E-state index contributed by atoms with van der Waals surface area (Å²) in [6.45, 7) is -6.33. The lowest BCUT2D eigenvalue weighted by molar-refractivity contribution is -0.472. The molecule has 2 atom stereocenters. The van der Waals surface area contributed by atoms with Gasteiger partial charge in [0.15, 0.2) is 0 Å². The van der Waals surface area contributed by atoms with E-state index < -0.39 is 341 Å². The highest BCUT2D eigenvalue weighted by molar-refractivity contribution is 8.05. The first-order valence-corrected chi connectivity index (χ1v) is 34.8. The Morgan fingerprint density at radius 2 is 0.294 bits per heavy atom. The van der Waals surface area contributed by atoms with Crippen molar-refractivity contribution in [3.63, 3.8) is 0 Å². The minimum Gasteiger partial charge on any atom is -0.464 e. The minimum atomic E-state index is -10.4. The summed E-state index contributed by atoms with van der Waals surface area (Å²) in [7, 11) is 0. The van der Waals surface area contributed by atoms with Gasteiger partial charge in [0.1, 0.15) is 13.2 Å². The number of esters is 2. The van der Waals surface area contributed by atoms with Crippen molar-refractivity contribution in [1.82, 2.24) is 0 Å². The molecule has 0 N–H and O–H groups in total. The predicted molar refractivity (Wildman–Crippen MR) is 286 cm³/mol. The zero-order chi connectivity index (χ0) is 118. The number of ether oxygens (including phenoxy) is 2. The van der Waals surface area contributed by atoms with E-state index in [4.69, 9.17) is 0 Å². The normalized spacial score (nSPS) is 17.2. The molecule has 854 valence electrons. The van der Waals surface area contributed by atoms with Gasteiger partial charge >= 0.3 is 247 Å². The van der Waals surface area contributed by atoms with Crippen LogP contribution in [0.5, 0.6) is 0 Å². The van der Waals surface area contributed by atoms with Gasteiger partial charge in [-0.1, -0.05) is 53.6 Å². The number of thioether (sulfide) groups is 4. The van der Waals surface area contributed by atoms with Gasteiger partial charge < -0.3 is 9.47 Å². The van der Waals surface area contributed by atoms with Crippen LogP contribution in [0.25, 0.3) is 0 Å². The van der Waals surface area contributed by atoms with Crippen molar-refractivity contribution in [3.05, 3.63) is 12.2 Å². The fraction of sp³-hybridized carbons (Fsp3) is 0.922. The zero-order valence-corrected chi connectivity index (χ0v) is 65.2. The lowest BCUT2D eigenvalue weighted by Gasteiger charge is -2.44. The highest BCUT2D eigenvalue weighted by Gasteiger charge is 3.04. The third-order valence-corrected chi connectivity index (χ3v) is 22.1. The Morgan fingerprint density at radius 3 is 0.434 bits per heavy atom. The molecule has 0 rings (SSSR count). The van der Waals surface area contributed by atoms with E-state index in [1.54, 1.807) is 6.58 Å². The minimum absolute atomic E-state index is 1.80. The van der Waals surface area contributed by atoms with Crippen LogP contribution in [-0.4, -0.2) is 282 Å². The maximum Gasteiger partial charge on any atom is 0.460 e. The van der Waals surface area contributed by atoms with Gasteiger partial charge in [0.25, 0.3) is 0 Å². The molecular formula is C51H14F84O4S4. The highest BCUT2D eigenvalue weighted by atomic mass is 32.2. The summed E-state index contributed by atoms with van der Waals surface area (Å²) in [5.74, 6) is -336. The quantitative estimate of drug-likeness (QED) is 0.0339. The second-order valence-corrected chi connectivity index (χ2v) is 31.7. The molecule has 2 unspecified atom stereocenters. The van der Waals surface area contributed by atoms with Crippen molar-refractivity contribution < 1.29 is 388 Å². The van der Waals surface area contributed by atoms with Crippen molar-refractivity contribution in [1.29, 1.82) is 0 Å². The number of halogens is 84. The molecule has 0 aromatic rings. The van der Waals surface area contributed by atoms with Crippen molar-refractivity contribution in [2.24, 2.45) is 0 Å². The summed E-state index contributed by atoms with van der Waals surface area (Å²) in [6, 6.07) is 0. The fourth-order valence-electron chi connectivity index (χ4n) is 8.30. The molecule has 0 spiro atoms. The molecule has 0 radical (unpaired) electrons. The third-order valence-electron chi connectivity index (χ3n) is 16.9. The Bertz CT molecular complexity index is 4440. The molecule has 0 aromatic heterocycles. The smallest absolute Gasteiger partial charge is 0.460 e. The Kier molecular flexibility index (Phi) is 35.3. The average molecular weight is 2410 g/mol. The second kappa shape index (κ2) is 36.8. The number of carbonyl (C=O) groups is 2. The first-order valence-electron chi connectivity index (χ1n) is 31.1. The maximum atomic E-state index is 15.3.